The Bertz CT molecular complexity index is 530. The number of rotatable bonds is 6. The van der Waals surface area contributed by atoms with Crippen LogP contribution in [0.4, 0.5) is 0 Å². The van der Waals surface area contributed by atoms with Crippen LogP contribution in [0.1, 0.15) is 31.1 Å². The molecule has 1 heterocycles. The molecular weight excluding hydrogens is 291 g/mol. The fourth-order valence-corrected chi connectivity index (χ4v) is 3.07. The second kappa shape index (κ2) is 6.64. The summed E-state index contributed by atoms with van der Waals surface area (Å²) in [5, 5.41) is 4.62. The summed E-state index contributed by atoms with van der Waals surface area (Å²) in [7, 11) is 0. The van der Waals surface area contributed by atoms with Crippen molar-refractivity contribution in [3.05, 3.63) is 53.9 Å². The van der Waals surface area contributed by atoms with E-state index in [1.165, 1.54) is 5.56 Å². The van der Waals surface area contributed by atoms with Gasteiger partial charge in [0.2, 0.25) is 0 Å². The molecule has 1 aromatic carbocycles. The molecule has 2 nitrogen and oxygen atoms in total. The SMILES string of the molecule is CC(C)n1ccc(CC(CCl)(CCl)c2ccccc2)n1. The molecule has 0 atom stereocenters. The molecule has 108 valence electrons. The van der Waals surface area contributed by atoms with Crippen molar-refractivity contribution in [2.45, 2.75) is 31.7 Å². The van der Waals surface area contributed by atoms with Gasteiger partial charge in [0, 0.05) is 35.8 Å². The summed E-state index contributed by atoms with van der Waals surface area (Å²) in [5.74, 6) is 0.962. The maximum atomic E-state index is 6.26. The molecule has 0 radical (unpaired) electrons. The lowest BCUT2D eigenvalue weighted by Gasteiger charge is -2.29. The van der Waals surface area contributed by atoms with Gasteiger partial charge in [-0.1, -0.05) is 30.3 Å². The standard InChI is InChI=1S/C16H20Cl2N2/c1-13(2)20-9-8-15(19-20)10-16(11-17,12-18)14-6-4-3-5-7-14/h3-9,13H,10-12H2,1-2H3. The number of nitrogens with zero attached hydrogens (tertiary/aromatic N) is 2. The molecule has 0 amide bonds. The highest BCUT2D eigenvalue weighted by atomic mass is 35.5. The van der Waals surface area contributed by atoms with Gasteiger partial charge in [-0.3, -0.25) is 4.68 Å². The van der Waals surface area contributed by atoms with Crippen molar-refractivity contribution < 1.29 is 0 Å². The van der Waals surface area contributed by atoms with Crippen LogP contribution in [0, 0.1) is 0 Å². The maximum Gasteiger partial charge on any atom is 0.0634 e. The van der Waals surface area contributed by atoms with E-state index in [0.717, 1.165) is 12.1 Å². The Morgan fingerprint density at radius 2 is 1.75 bits per heavy atom. The lowest BCUT2D eigenvalue weighted by Crippen LogP contribution is -2.33. The lowest BCUT2D eigenvalue weighted by atomic mass is 9.80. The smallest absolute Gasteiger partial charge is 0.0634 e. The second-order valence-electron chi connectivity index (χ2n) is 5.47. The van der Waals surface area contributed by atoms with Crippen molar-refractivity contribution in [3.63, 3.8) is 0 Å². The molecule has 0 bridgehead atoms. The molecule has 2 aromatic rings. The summed E-state index contributed by atoms with van der Waals surface area (Å²) in [6.45, 7) is 4.23. The van der Waals surface area contributed by atoms with Gasteiger partial charge in [0.15, 0.2) is 0 Å². The van der Waals surface area contributed by atoms with E-state index in [1.54, 1.807) is 0 Å². The molecule has 0 saturated heterocycles. The zero-order valence-electron chi connectivity index (χ0n) is 11.9. The van der Waals surface area contributed by atoms with Crippen molar-refractivity contribution in [2.24, 2.45) is 0 Å². The third-order valence-electron chi connectivity index (χ3n) is 3.61. The first-order valence-electron chi connectivity index (χ1n) is 6.83. The minimum absolute atomic E-state index is 0.263. The molecule has 0 aliphatic rings. The molecule has 0 saturated carbocycles. The van der Waals surface area contributed by atoms with Crippen LogP contribution in [0.15, 0.2) is 42.6 Å². The molecule has 2 rings (SSSR count). The maximum absolute atomic E-state index is 6.26. The fourth-order valence-electron chi connectivity index (χ4n) is 2.28. The molecule has 0 aliphatic heterocycles. The zero-order valence-corrected chi connectivity index (χ0v) is 13.4. The van der Waals surface area contributed by atoms with Gasteiger partial charge in [-0.05, 0) is 25.5 Å². The summed E-state index contributed by atoms with van der Waals surface area (Å²) < 4.78 is 1.97. The molecule has 1 aromatic heterocycles. The first kappa shape index (κ1) is 15.4. The van der Waals surface area contributed by atoms with Gasteiger partial charge in [-0.25, -0.2) is 0 Å². The molecule has 4 heteroatoms. The number of aromatic nitrogens is 2. The zero-order chi connectivity index (χ0) is 14.6. The minimum Gasteiger partial charge on any atom is -0.270 e. The molecule has 20 heavy (non-hydrogen) atoms. The number of hydrogen-bond donors (Lipinski definition) is 0. The summed E-state index contributed by atoms with van der Waals surface area (Å²) in [6.07, 6.45) is 2.77. The quantitative estimate of drug-likeness (QED) is 0.722. The van der Waals surface area contributed by atoms with Crippen LogP contribution < -0.4 is 0 Å². The number of benzene rings is 1. The van der Waals surface area contributed by atoms with Crippen LogP contribution in [0.3, 0.4) is 0 Å². The van der Waals surface area contributed by atoms with Gasteiger partial charge in [0.05, 0.1) is 5.69 Å². The highest BCUT2D eigenvalue weighted by molar-refractivity contribution is 6.22. The average molecular weight is 311 g/mol. The minimum atomic E-state index is -0.263. The van der Waals surface area contributed by atoms with E-state index in [2.05, 4.69) is 37.1 Å². The number of alkyl halides is 2. The van der Waals surface area contributed by atoms with Gasteiger partial charge < -0.3 is 0 Å². The average Bonchev–Trinajstić information content (AvgIpc) is 2.94. The fraction of sp³-hybridized carbons (Fsp3) is 0.438. The Kier molecular flexibility index (Phi) is 5.11. The highest BCUT2D eigenvalue weighted by Gasteiger charge is 2.31. The normalized spacial score (nSPS) is 12.1. The van der Waals surface area contributed by atoms with Crippen LogP contribution in [-0.2, 0) is 11.8 Å². The Balaban J connectivity index is 2.29. The summed E-state index contributed by atoms with van der Waals surface area (Å²) >= 11 is 12.5. The monoisotopic (exact) mass is 310 g/mol. The van der Waals surface area contributed by atoms with Gasteiger partial charge >= 0.3 is 0 Å². The largest absolute Gasteiger partial charge is 0.270 e. The molecule has 0 spiro atoms. The van der Waals surface area contributed by atoms with Crippen molar-refractivity contribution in [2.75, 3.05) is 11.8 Å². The lowest BCUT2D eigenvalue weighted by molar-refractivity contribution is 0.496. The molecular formula is C16H20Cl2N2. The predicted molar refractivity (Wildman–Crippen MR) is 85.9 cm³/mol. The first-order valence-corrected chi connectivity index (χ1v) is 7.90. The number of hydrogen-bond acceptors (Lipinski definition) is 1. The Hall–Kier alpha value is -0.990. The van der Waals surface area contributed by atoms with Gasteiger partial charge in [-0.2, -0.15) is 5.10 Å². The van der Waals surface area contributed by atoms with Crippen LogP contribution >= 0.6 is 23.2 Å². The van der Waals surface area contributed by atoms with E-state index in [4.69, 9.17) is 23.2 Å². The molecule has 0 fully saturated rings. The van der Waals surface area contributed by atoms with Gasteiger partial charge in [0.25, 0.3) is 0 Å². The van der Waals surface area contributed by atoms with Gasteiger partial charge in [0.1, 0.15) is 0 Å². The van der Waals surface area contributed by atoms with E-state index in [1.807, 2.05) is 29.1 Å². The van der Waals surface area contributed by atoms with Crippen LogP contribution in [0.2, 0.25) is 0 Å². The summed E-state index contributed by atoms with van der Waals surface area (Å²) in [6, 6.07) is 12.6. The van der Waals surface area contributed by atoms with Crippen molar-refractivity contribution in [3.8, 4) is 0 Å². The van der Waals surface area contributed by atoms with E-state index in [9.17, 15) is 0 Å². The molecule has 0 aliphatic carbocycles. The number of halogens is 2. The predicted octanol–water partition coefficient (Wildman–Crippen LogP) is 4.42. The molecule has 0 unspecified atom stereocenters. The van der Waals surface area contributed by atoms with Crippen molar-refractivity contribution in [1.82, 2.24) is 9.78 Å². The van der Waals surface area contributed by atoms with Crippen molar-refractivity contribution >= 4 is 23.2 Å². The third kappa shape index (κ3) is 3.18. The van der Waals surface area contributed by atoms with Crippen molar-refractivity contribution in [1.29, 1.82) is 0 Å². The Morgan fingerprint density at radius 1 is 1.10 bits per heavy atom. The van der Waals surface area contributed by atoms with Crippen LogP contribution in [-0.4, -0.2) is 21.5 Å². The van der Waals surface area contributed by atoms with Gasteiger partial charge in [-0.15, -0.1) is 23.2 Å². The van der Waals surface area contributed by atoms with E-state index < -0.39 is 0 Å². The third-order valence-corrected chi connectivity index (χ3v) is 4.63. The second-order valence-corrected chi connectivity index (χ2v) is 6.01. The topological polar surface area (TPSA) is 17.8 Å². The summed E-state index contributed by atoms with van der Waals surface area (Å²) in [5.41, 5.74) is 1.94. The van der Waals surface area contributed by atoms with E-state index in [0.29, 0.717) is 17.8 Å². The van der Waals surface area contributed by atoms with Crippen LogP contribution in [0.25, 0.3) is 0 Å². The Morgan fingerprint density at radius 3 is 2.25 bits per heavy atom. The Labute approximate surface area is 130 Å². The molecule has 0 N–H and O–H groups in total. The van der Waals surface area contributed by atoms with Crippen LogP contribution in [0.5, 0.6) is 0 Å². The van der Waals surface area contributed by atoms with E-state index in [-0.39, 0.29) is 5.41 Å². The summed E-state index contributed by atoms with van der Waals surface area (Å²) in [4.78, 5) is 0. The first-order chi connectivity index (χ1) is 9.61. The highest BCUT2D eigenvalue weighted by Crippen LogP contribution is 2.31. The van der Waals surface area contributed by atoms with E-state index >= 15 is 0 Å².